The molecule has 348 valence electrons. The van der Waals surface area contributed by atoms with Crippen molar-refractivity contribution in [2.45, 2.75) is 77.2 Å². The van der Waals surface area contributed by atoms with Crippen molar-refractivity contribution in [3.63, 3.8) is 0 Å². The minimum absolute atomic E-state index is 0.000649. The lowest BCUT2D eigenvalue weighted by Crippen LogP contribution is -2.50. The maximum Gasteiger partial charge on any atom is 0.407 e. The van der Waals surface area contributed by atoms with E-state index in [2.05, 4.69) is 17.5 Å². The molecule has 0 saturated carbocycles. The van der Waals surface area contributed by atoms with E-state index >= 15 is 0 Å². The molecule has 0 spiro atoms. The molecule has 6 aromatic rings. The van der Waals surface area contributed by atoms with Crippen molar-refractivity contribution in [1.29, 1.82) is 10.5 Å². The number of carbonyl (C=O) groups excluding carboxylic acids is 3. The van der Waals surface area contributed by atoms with Gasteiger partial charge in [-0.2, -0.15) is 10.5 Å². The van der Waals surface area contributed by atoms with Gasteiger partial charge in [0, 0.05) is 38.3 Å². The van der Waals surface area contributed by atoms with Gasteiger partial charge in [-0.1, -0.05) is 36.4 Å². The van der Waals surface area contributed by atoms with E-state index in [4.69, 9.17) is 29.9 Å². The highest BCUT2D eigenvalue weighted by molar-refractivity contribution is 7.21. The van der Waals surface area contributed by atoms with Crippen molar-refractivity contribution in [3.8, 4) is 12.1 Å². The van der Waals surface area contributed by atoms with Gasteiger partial charge in [0.15, 0.2) is 0 Å². The summed E-state index contributed by atoms with van der Waals surface area (Å²) in [7, 11) is 2.59. The number of nitriles is 2. The van der Waals surface area contributed by atoms with E-state index < -0.39 is 23.6 Å². The fourth-order valence-corrected chi connectivity index (χ4v) is 9.91. The van der Waals surface area contributed by atoms with E-state index in [1.165, 1.54) is 18.8 Å². The summed E-state index contributed by atoms with van der Waals surface area (Å²) in [6, 6.07) is 21.6. The lowest BCUT2D eigenvalue weighted by atomic mass is 10.1. The average Bonchev–Trinajstić information content (AvgIpc) is 3.96. The Balaban J connectivity index is 0.000000203. The number of nitrogens with one attached hydrogen (secondary N) is 1. The molecule has 0 bridgehead atoms. The van der Waals surface area contributed by atoms with Gasteiger partial charge in [-0.15, -0.1) is 22.7 Å². The number of anilines is 2. The highest BCUT2D eigenvalue weighted by Gasteiger charge is 2.29. The fraction of sp³-hybridized carbons (Fsp3) is 0.383. The van der Waals surface area contributed by atoms with Gasteiger partial charge in [-0.3, -0.25) is 18.7 Å². The van der Waals surface area contributed by atoms with Crippen LogP contribution in [0.1, 0.15) is 88.1 Å². The Hall–Kier alpha value is -7.13. The first-order chi connectivity index (χ1) is 32.1. The minimum atomic E-state index is -0.615. The maximum atomic E-state index is 13.7. The van der Waals surface area contributed by atoms with Crippen LogP contribution in [0.4, 0.5) is 16.7 Å². The Morgan fingerprint density at radius 2 is 1.22 bits per heavy atom. The van der Waals surface area contributed by atoms with Crippen molar-refractivity contribution >= 4 is 73.0 Å². The number of methoxy groups -OCH3 is 2. The zero-order chi connectivity index (χ0) is 48.0. The maximum absolute atomic E-state index is 13.7. The Morgan fingerprint density at radius 3 is 1.67 bits per heavy atom. The number of rotatable bonds is 9. The predicted octanol–water partition coefficient (Wildman–Crippen LogP) is 5.75. The first kappa shape index (κ1) is 47.8. The molecule has 0 unspecified atom stereocenters. The molecule has 18 nitrogen and oxygen atoms in total. The van der Waals surface area contributed by atoms with Gasteiger partial charge in [0.25, 0.3) is 11.1 Å². The third-order valence-corrected chi connectivity index (χ3v) is 13.3. The first-order valence-corrected chi connectivity index (χ1v) is 23.2. The number of thiophene rings is 2. The van der Waals surface area contributed by atoms with E-state index in [1.54, 1.807) is 67.8 Å². The highest BCUT2D eigenvalue weighted by Crippen LogP contribution is 2.29. The summed E-state index contributed by atoms with van der Waals surface area (Å²) in [6.45, 7) is 8.13. The lowest BCUT2D eigenvalue weighted by molar-refractivity contribution is 0.0498. The van der Waals surface area contributed by atoms with Crippen LogP contribution < -0.4 is 32.0 Å². The van der Waals surface area contributed by atoms with Crippen molar-refractivity contribution in [3.05, 3.63) is 113 Å². The summed E-state index contributed by atoms with van der Waals surface area (Å²) < 4.78 is 18.9. The first-order valence-electron chi connectivity index (χ1n) is 21.6. The minimum Gasteiger partial charge on any atom is -0.465 e. The van der Waals surface area contributed by atoms with Crippen molar-refractivity contribution < 1.29 is 28.6 Å². The quantitative estimate of drug-likeness (QED) is 0.130. The van der Waals surface area contributed by atoms with E-state index in [9.17, 15) is 34.5 Å². The number of aromatic nitrogens is 4. The zero-order valence-electron chi connectivity index (χ0n) is 37.7. The van der Waals surface area contributed by atoms with Crippen LogP contribution in [0.25, 0.3) is 20.4 Å². The van der Waals surface area contributed by atoms with E-state index in [1.807, 2.05) is 28.0 Å². The Labute approximate surface area is 393 Å². The van der Waals surface area contributed by atoms with Crippen molar-refractivity contribution in [1.82, 2.24) is 24.4 Å². The molecule has 0 aliphatic carbocycles. The van der Waals surface area contributed by atoms with Gasteiger partial charge in [0.1, 0.15) is 24.8 Å². The summed E-state index contributed by atoms with van der Waals surface area (Å²) in [6.07, 6.45) is 2.85. The van der Waals surface area contributed by atoms with E-state index in [0.717, 1.165) is 60.5 Å². The summed E-state index contributed by atoms with van der Waals surface area (Å²) >= 11 is 2.10. The van der Waals surface area contributed by atoms with E-state index in [0.29, 0.717) is 73.5 Å². The molecule has 2 atom stereocenters. The van der Waals surface area contributed by atoms with Crippen LogP contribution >= 0.6 is 22.7 Å². The molecule has 2 aliphatic rings. The number of hydrogen-bond donors (Lipinski definition) is 2. The molecule has 2 saturated heterocycles. The molecule has 67 heavy (non-hydrogen) atoms. The summed E-state index contributed by atoms with van der Waals surface area (Å²) in [4.78, 5) is 77.7. The van der Waals surface area contributed by atoms with Gasteiger partial charge in [-0.05, 0) is 81.8 Å². The molecule has 3 N–H and O–H groups in total. The lowest BCUT2D eigenvalue weighted by Gasteiger charge is -2.35. The summed E-state index contributed by atoms with van der Waals surface area (Å²) in [5.74, 6) is -0.120. The number of ether oxygens (including phenoxy) is 3. The van der Waals surface area contributed by atoms with Crippen LogP contribution in [0.3, 0.4) is 0 Å². The third kappa shape index (κ3) is 10.9. The van der Waals surface area contributed by atoms with Crippen LogP contribution in [-0.4, -0.2) is 95.2 Å². The Kier molecular flexibility index (Phi) is 14.7. The second-order valence-electron chi connectivity index (χ2n) is 17.1. The molecule has 2 aliphatic heterocycles. The van der Waals surface area contributed by atoms with Gasteiger partial charge >= 0.3 is 18.0 Å². The van der Waals surface area contributed by atoms with Gasteiger partial charge < -0.3 is 35.1 Å². The SMILES string of the molecule is COC(=O)c1cc2nc(N3CCC[C@@H](N)C3)n(Cc3ccccc3C#N)c(=O)c2s1.COC(=O)c1cc2nc(N3CCC[C@@H](NC(=O)OC(C)(C)C)C3)n(Cc3ccccc3C#N)c(=O)c2s1. The van der Waals surface area contributed by atoms with Crippen molar-refractivity contribution in [2.24, 2.45) is 5.73 Å². The summed E-state index contributed by atoms with van der Waals surface area (Å²) in [5, 5.41) is 22.0. The predicted molar refractivity (Wildman–Crippen MR) is 255 cm³/mol. The van der Waals surface area contributed by atoms with Gasteiger partial charge in [-0.25, -0.2) is 24.4 Å². The molecule has 2 fully saturated rings. The van der Waals surface area contributed by atoms with Crippen LogP contribution in [0.15, 0.2) is 70.3 Å². The molecular weight excluding hydrogens is 897 g/mol. The number of amides is 1. The second kappa shape index (κ2) is 20.6. The molecular formula is C47H50N10O8S2. The Bertz CT molecular complexity index is 3050. The number of piperidine rings is 2. The molecule has 8 rings (SSSR count). The molecule has 20 heteroatoms. The van der Waals surface area contributed by atoms with Crippen LogP contribution in [0.5, 0.6) is 0 Å². The monoisotopic (exact) mass is 946 g/mol. The fourth-order valence-electron chi connectivity index (χ4n) is 7.99. The molecule has 6 heterocycles. The number of nitrogens with two attached hydrogens (primary N) is 1. The second-order valence-corrected chi connectivity index (χ2v) is 19.2. The normalized spacial score (nSPS) is 16.1. The number of nitrogens with zero attached hydrogens (tertiary/aromatic N) is 8. The Morgan fingerprint density at radius 1 is 0.761 bits per heavy atom. The van der Waals surface area contributed by atoms with Crippen LogP contribution in [0.2, 0.25) is 0 Å². The highest BCUT2D eigenvalue weighted by atomic mass is 32.1. The van der Waals surface area contributed by atoms with Gasteiger partial charge in [0.2, 0.25) is 11.9 Å². The van der Waals surface area contributed by atoms with E-state index in [-0.39, 0.29) is 41.2 Å². The molecule has 4 aromatic heterocycles. The van der Waals surface area contributed by atoms with Crippen LogP contribution in [-0.2, 0) is 27.3 Å². The van der Waals surface area contributed by atoms with Crippen molar-refractivity contribution in [2.75, 3.05) is 50.2 Å². The van der Waals surface area contributed by atoms with Gasteiger partial charge in [0.05, 0.1) is 61.6 Å². The smallest absolute Gasteiger partial charge is 0.407 e. The van der Waals surface area contributed by atoms with Crippen LogP contribution in [0, 0.1) is 22.7 Å². The number of fused-ring (bicyclic) bond motifs is 2. The third-order valence-electron chi connectivity index (χ3n) is 11.1. The largest absolute Gasteiger partial charge is 0.465 e. The molecule has 0 radical (unpaired) electrons. The summed E-state index contributed by atoms with van der Waals surface area (Å²) in [5.41, 5.74) is 8.24. The average molecular weight is 947 g/mol. The number of esters is 2. The number of alkyl carbamates (subject to hydrolysis) is 1. The number of benzene rings is 2. The molecule has 2 aromatic carbocycles. The standard InChI is InChI=1S/C26H29N5O5S.C21H21N5O3S/c1-26(2,3)36-25(34)28-18-10-7-11-30(15-18)24-29-19-12-20(23(33)35-4)37-21(19)22(32)31(24)14-17-9-6-5-8-16(17)13-27;1-29-20(28)17-9-16-18(30-17)19(27)26(11-14-6-3-2-5-13(14)10-22)21(24-16)25-8-4-7-15(23)12-25/h5-6,8-9,12,18H,7,10-11,14-15H2,1-4H3,(H,28,34);2-3,5-6,9,15H,4,7-8,11-12,23H2,1H3/t18-;15-/m11/s1. The topological polar surface area (TPSA) is 241 Å². The number of carbonyl (C=O) groups is 3. The molecule has 1 amide bonds. The number of hydrogen-bond acceptors (Lipinski definition) is 17. The zero-order valence-corrected chi connectivity index (χ0v) is 39.4.